The van der Waals surface area contributed by atoms with Crippen molar-refractivity contribution >= 4 is 23.5 Å². The highest BCUT2D eigenvalue weighted by molar-refractivity contribution is 6.30. The molecule has 1 aliphatic rings. The van der Waals surface area contributed by atoms with E-state index in [0.717, 1.165) is 5.56 Å². The van der Waals surface area contributed by atoms with Crippen molar-refractivity contribution in [2.45, 2.75) is 6.54 Å². The van der Waals surface area contributed by atoms with Crippen LogP contribution in [-0.4, -0.2) is 31.9 Å². The quantitative estimate of drug-likeness (QED) is 0.745. The number of carbonyl (C=O) groups is 2. The van der Waals surface area contributed by atoms with Gasteiger partial charge < -0.3 is 24.3 Å². The number of fused-ring (bicyclic) bond motifs is 1. The van der Waals surface area contributed by atoms with Gasteiger partial charge in [-0.05, 0) is 35.9 Å². The van der Waals surface area contributed by atoms with Gasteiger partial charge in [0.05, 0.1) is 0 Å². The molecule has 0 saturated heterocycles. The van der Waals surface area contributed by atoms with Crippen LogP contribution < -0.4 is 19.5 Å². The maximum Gasteiger partial charge on any atom is 0.344 e. The smallest absolute Gasteiger partial charge is 0.344 e. The van der Waals surface area contributed by atoms with Gasteiger partial charge in [-0.1, -0.05) is 23.7 Å². The second kappa shape index (κ2) is 8.44. The fourth-order valence-corrected chi connectivity index (χ4v) is 2.37. The molecule has 1 N–H and O–H groups in total. The molecule has 8 heteroatoms. The molecule has 0 fully saturated rings. The van der Waals surface area contributed by atoms with Crippen molar-refractivity contribution in [2.24, 2.45) is 0 Å². The lowest BCUT2D eigenvalue weighted by Gasteiger charge is -2.08. The lowest BCUT2D eigenvalue weighted by molar-refractivity contribution is -0.150. The van der Waals surface area contributed by atoms with E-state index in [1.807, 2.05) is 6.07 Å². The monoisotopic (exact) mass is 377 g/mol. The highest BCUT2D eigenvalue weighted by Crippen LogP contribution is 2.32. The number of hydrogen-bond donors (Lipinski definition) is 1. The summed E-state index contributed by atoms with van der Waals surface area (Å²) in [5.41, 5.74) is 0.846. The maximum absolute atomic E-state index is 11.8. The third kappa shape index (κ3) is 5.03. The minimum Gasteiger partial charge on any atom is -0.482 e. The van der Waals surface area contributed by atoms with Crippen molar-refractivity contribution < 1.29 is 28.5 Å². The van der Waals surface area contributed by atoms with Crippen LogP contribution >= 0.6 is 11.6 Å². The minimum atomic E-state index is -0.650. The van der Waals surface area contributed by atoms with Gasteiger partial charge in [-0.2, -0.15) is 0 Å². The predicted molar refractivity (Wildman–Crippen MR) is 92.3 cm³/mol. The van der Waals surface area contributed by atoms with Crippen LogP contribution in [-0.2, 0) is 20.9 Å². The second-order valence-electron chi connectivity index (χ2n) is 5.37. The normalized spacial score (nSPS) is 11.7. The fourth-order valence-electron chi connectivity index (χ4n) is 2.19. The first-order valence-electron chi connectivity index (χ1n) is 7.79. The number of hydrogen-bond acceptors (Lipinski definition) is 6. The highest BCUT2D eigenvalue weighted by Gasteiger charge is 2.14. The number of rotatable bonds is 7. The summed E-state index contributed by atoms with van der Waals surface area (Å²) in [5, 5.41) is 3.15. The molecule has 0 spiro atoms. The molecule has 0 saturated carbocycles. The Bertz CT molecular complexity index is 810. The molecule has 1 heterocycles. The number of esters is 1. The Hall–Kier alpha value is -2.93. The first-order chi connectivity index (χ1) is 12.6. The van der Waals surface area contributed by atoms with Gasteiger partial charge in [-0.3, -0.25) is 4.79 Å². The Labute approximate surface area is 154 Å². The maximum atomic E-state index is 11.8. The van der Waals surface area contributed by atoms with E-state index in [2.05, 4.69) is 5.32 Å². The van der Waals surface area contributed by atoms with E-state index in [-0.39, 0.29) is 26.6 Å². The molecule has 0 radical (unpaired) electrons. The van der Waals surface area contributed by atoms with Gasteiger partial charge in [0.25, 0.3) is 5.91 Å². The van der Waals surface area contributed by atoms with Gasteiger partial charge >= 0.3 is 5.97 Å². The second-order valence-corrected chi connectivity index (χ2v) is 5.81. The summed E-state index contributed by atoms with van der Waals surface area (Å²) in [6.07, 6.45) is 0. The number of benzene rings is 2. The Morgan fingerprint density at radius 3 is 2.77 bits per heavy atom. The number of amides is 1. The van der Waals surface area contributed by atoms with Crippen LogP contribution in [0, 0.1) is 0 Å². The summed E-state index contributed by atoms with van der Waals surface area (Å²) in [4.78, 5) is 23.4. The van der Waals surface area contributed by atoms with Crippen LogP contribution in [0.5, 0.6) is 17.2 Å². The van der Waals surface area contributed by atoms with Crippen LogP contribution in [0.2, 0.25) is 5.02 Å². The molecule has 2 aromatic rings. The Balaban J connectivity index is 1.36. The molecule has 0 aromatic heterocycles. The summed E-state index contributed by atoms with van der Waals surface area (Å²) < 4.78 is 20.6. The van der Waals surface area contributed by atoms with Crippen LogP contribution in [0.15, 0.2) is 42.5 Å². The largest absolute Gasteiger partial charge is 0.482 e. The molecule has 136 valence electrons. The van der Waals surface area contributed by atoms with Gasteiger partial charge in [0.2, 0.25) is 6.79 Å². The van der Waals surface area contributed by atoms with E-state index in [1.165, 1.54) is 0 Å². The van der Waals surface area contributed by atoms with Crippen LogP contribution in [0.1, 0.15) is 5.56 Å². The molecule has 0 unspecified atom stereocenters. The topological polar surface area (TPSA) is 83.1 Å². The molecule has 1 amide bonds. The molecule has 0 bridgehead atoms. The average Bonchev–Trinajstić information content (AvgIpc) is 3.11. The zero-order valence-corrected chi connectivity index (χ0v) is 14.5. The lowest BCUT2D eigenvalue weighted by Crippen LogP contribution is -2.29. The molecule has 1 aliphatic heterocycles. The number of nitrogens with one attached hydrogen (secondary N) is 1. The van der Waals surface area contributed by atoms with E-state index in [4.69, 9.17) is 30.5 Å². The Kier molecular flexibility index (Phi) is 5.80. The molecule has 2 aromatic carbocycles. The number of ether oxygens (including phenoxy) is 4. The van der Waals surface area contributed by atoms with E-state index < -0.39 is 11.9 Å². The first-order valence-corrected chi connectivity index (χ1v) is 8.17. The zero-order chi connectivity index (χ0) is 18.4. The van der Waals surface area contributed by atoms with E-state index in [9.17, 15) is 9.59 Å². The van der Waals surface area contributed by atoms with Gasteiger partial charge in [0.15, 0.2) is 24.7 Å². The van der Waals surface area contributed by atoms with Crippen LogP contribution in [0.3, 0.4) is 0 Å². The SMILES string of the molecule is O=C(COC(=O)COc1cccc(Cl)c1)NCc1ccc2c(c1)OCO2. The van der Waals surface area contributed by atoms with E-state index in [0.29, 0.717) is 22.3 Å². The molecular formula is C18H16ClNO6. The van der Waals surface area contributed by atoms with Crippen molar-refractivity contribution in [1.82, 2.24) is 5.32 Å². The highest BCUT2D eigenvalue weighted by atomic mass is 35.5. The number of carbonyl (C=O) groups excluding carboxylic acids is 2. The standard InChI is InChI=1S/C18H16ClNO6/c19-13-2-1-3-14(7-13)23-10-18(22)24-9-17(21)20-8-12-4-5-15-16(6-12)26-11-25-15/h1-7H,8-11H2,(H,20,21). The molecule has 0 atom stereocenters. The summed E-state index contributed by atoms with van der Waals surface area (Å²) in [5.74, 6) is 0.693. The minimum absolute atomic E-state index is 0.193. The molecule has 26 heavy (non-hydrogen) atoms. The Morgan fingerprint density at radius 2 is 1.92 bits per heavy atom. The zero-order valence-electron chi connectivity index (χ0n) is 13.7. The summed E-state index contributed by atoms with van der Waals surface area (Å²) in [7, 11) is 0. The Morgan fingerprint density at radius 1 is 1.08 bits per heavy atom. The summed E-state index contributed by atoms with van der Waals surface area (Å²) in [6.45, 7) is -0.220. The first kappa shape index (κ1) is 17.9. The number of halogens is 1. The fraction of sp³-hybridized carbons (Fsp3) is 0.222. The molecule has 7 nitrogen and oxygen atoms in total. The van der Waals surface area contributed by atoms with Crippen molar-refractivity contribution in [3.8, 4) is 17.2 Å². The summed E-state index contributed by atoms with van der Waals surface area (Å²) >= 11 is 5.82. The van der Waals surface area contributed by atoms with E-state index >= 15 is 0 Å². The van der Waals surface area contributed by atoms with Crippen molar-refractivity contribution in [3.63, 3.8) is 0 Å². The predicted octanol–water partition coefficient (Wildman–Crippen LogP) is 2.31. The van der Waals surface area contributed by atoms with Gasteiger partial charge in [-0.15, -0.1) is 0 Å². The van der Waals surface area contributed by atoms with Crippen molar-refractivity contribution in [1.29, 1.82) is 0 Å². The molecule has 0 aliphatic carbocycles. The molecule has 3 rings (SSSR count). The molecular weight excluding hydrogens is 362 g/mol. The van der Waals surface area contributed by atoms with Crippen LogP contribution in [0.25, 0.3) is 0 Å². The van der Waals surface area contributed by atoms with Crippen molar-refractivity contribution in [3.05, 3.63) is 53.1 Å². The van der Waals surface area contributed by atoms with Gasteiger partial charge in [-0.25, -0.2) is 4.79 Å². The summed E-state index contributed by atoms with van der Waals surface area (Å²) in [6, 6.07) is 12.0. The van der Waals surface area contributed by atoms with Gasteiger partial charge in [0, 0.05) is 11.6 Å². The third-order valence-corrected chi connectivity index (χ3v) is 3.68. The van der Waals surface area contributed by atoms with Crippen molar-refractivity contribution in [2.75, 3.05) is 20.0 Å². The lowest BCUT2D eigenvalue weighted by atomic mass is 10.2. The van der Waals surface area contributed by atoms with Gasteiger partial charge in [0.1, 0.15) is 5.75 Å². The van der Waals surface area contributed by atoms with Crippen LogP contribution in [0.4, 0.5) is 0 Å². The van der Waals surface area contributed by atoms with E-state index in [1.54, 1.807) is 36.4 Å². The average molecular weight is 378 g/mol. The third-order valence-electron chi connectivity index (χ3n) is 3.44.